The van der Waals surface area contributed by atoms with Crippen LogP contribution in [0.2, 0.25) is 0 Å². The number of nitro groups is 2. The maximum Gasteiger partial charge on any atom is 0.465 e. The van der Waals surface area contributed by atoms with Crippen molar-refractivity contribution >= 4 is 23.4 Å². The molecular weight excluding hydrogens is 493 g/mol. The van der Waals surface area contributed by atoms with Gasteiger partial charge in [-0.05, 0) is 6.08 Å². The van der Waals surface area contributed by atoms with Crippen LogP contribution >= 0.6 is 7.14 Å². The van der Waals surface area contributed by atoms with E-state index in [9.17, 15) is 51.1 Å². The van der Waals surface area contributed by atoms with Gasteiger partial charge in [-0.15, -0.1) is 0 Å². The minimum atomic E-state index is -5.78. The second-order valence-corrected chi connectivity index (χ2v) is 10.1. The summed E-state index contributed by atoms with van der Waals surface area (Å²) in [6.45, 7) is 0. The van der Waals surface area contributed by atoms with Crippen LogP contribution in [0, 0.1) is 20.2 Å². The van der Waals surface area contributed by atoms with Gasteiger partial charge in [0.1, 0.15) is 0 Å². The first-order chi connectivity index (χ1) is 15.6. The number of nitro benzene ring substituents is 1. The highest BCUT2D eigenvalue weighted by atomic mass is 31.2. The molecule has 2 aromatic rings. The molecule has 0 heterocycles. The largest absolute Gasteiger partial charge is 0.465 e. The summed E-state index contributed by atoms with van der Waals surface area (Å²) in [5.41, 5.74) is -6.74. The van der Waals surface area contributed by atoms with Gasteiger partial charge in [0.15, 0.2) is 7.14 Å². The van der Waals surface area contributed by atoms with Crippen LogP contribution in [-0.4, -0.2) is 27.7 Å². The van der Waals surface area contributed by atoms with Crippen LogP contribution in [0.1, 0.15) is 6.42 Å². The zero-order chi connectivity index (χ0) is 25.5. The lowest BCUT2D eigenvalue weighted by Crippen LogP contribution is -2.52. The predicted octanol–water partition coefficient (Wildman–Crippen LogP) is 5.26. The van der Waals surface area contributed by atoms with Gasteiger partial charge in [-0.3, -0.25) is 20.2 Å². The number of alkyl halides is 6. The molecule has 0 aliphatic heterocycles. The number of hydrogen-bond donors (Lipinski definition) is 0. The third-order valence-electron chi connectivity index (χ3n) is 5.24. The van der Waals surface area contributed by atoms with Gasteiger partial charge in [-0.1, -0.05) is 42.5 Å². The highest BCUT2D eigenvalue weighted by Gasteiger charge is 2.68. The van der Waals surface area contributed by atoms with Crippen molar-refractivity contribution in [3.05, 3.63) is 97.9 Å². The number of benzene rings is 2. The summed E-state index contributed by atoms with van der Waals surface area (Å²) in [6, 6.07) is 10.2. The van der Waals surface area contributed by atoms with Gasteiger partial charge in [0, 0.05) is 44.6 Å². The molecule has 180 valence electrons. The number of nitrogens with zero attached hydrogens (tertiary/aromatic N) is 2. The zero-order valence-corrected chi connectivity index (χ0v) is 17.6. The summed E-state index contributed by atoms with van der Waals surface area (Å²) in [4.78, 5) is 20.0. The SMILES string of the molecule is O=[N+]([O-])c1cccc([P@@](=O)(C2=C[C@@]([N+](=O)[O-])(C(F)(F)F)CC(C(F)(F)F)=C2)c2ccccc2)c1. The molecule has 0 N–H and O–H groups in total. The molecule has 2 atom stereocenters. The van der Waals surface area contributed by atoms with E-state index in [2.05, 4.69) is 0 Å². The molecule has 0 saturated heterocycles. The van der Waals surface area contributed by atoms with E-state index in [0.29, 0.717) is 0 Å². The van der Waals surface area contributed by atoms with Gasteiger partial charge < -0.3 is 4.57 Å². The molecule has 14 heteroatoms. The van der Waals surface area contributed by atoms with Gasteiger partial charge in [0.25, 0.3) is 5.69 Å². The molecule has 1 aliphatic carbocycles. The topological polar surface area (TPSA) is 103 Å². The summed E-state index contributed by atoms with van der Waals surface area (Å²) in [7, 11) is -4.69. The Morgan fingerprint density at radius 3 is 1.97 bits per heavy atom. The van der Waals surface area contributed by atoms with E-state index in [1.54, 1.807) is 0 Å². The van der Waals surface area contributed by atoms with Crippen molar-refractivity contribution in [3.63, 3.8) is 0 Å². The van der Waals surface area contributed by atoms with Gasteiger partial charge in [0.05, 0.1) is 11.3 Å². The average molecular weight is 506 g/mol. The van der Waals surface area contributed by atoms with Crippen molar-refractivity contribution in [2.75, 3.05) is 0 Å². The Morgan fingerprint density at radius 1 is 0.882 bits per heavy atom. The molecular formula is C20H13F6N2O5P. The fraction of sp³-hybridized carbons (Fsp3) is 0.200. The van der Waals surface area contributed by atoms with Gasteiger partial charge in [0.2, 0.25) is 0 Å². The Morgan fingerprint density at radius 2 is 1.47 bits per heavy atom. The molecule has 0 unspecified atom stereocenters. The summed E-state index contributed by atoms with van der Waals surface area (Å²) in [5.74, 6) is 0. The molecule has 7 nitrogen and oxygen atoms in total. The van der Waals surface area contributed by atoms with Crippen LogP contribution in [0.3, 0.4) is 0 Å². The molecule has 2 aromatic carbocycles. The van der Waals surface area contributed by atoms with Gasteiger partial charge in [-0.25, -0.2) is 0 Å². The van der Waals surface area contributed by atoms with Crippen molar-refractivity contribution in [2.45, 2.75) is 24.3 Å². The van der Waals surface area contributed by atoms with Crippen LogP contribution in [0.25, 0.3) is 0 Å². The zero-order valence-electron chi connectivity index (χ0n) is 16.7. The normalized spacial score (nSPS) is 20.6. The lowest BCUT2D eigenvalue weighted by molar-refractivity contribution is -0.597. The number of rotatable bonds is 5. The maximum atomic E-state index is 14.4. The van der Waals surface area contributed by atoms with Crippen molar-refractivity contribution in [2.24, 2.45) is 0 Å². The van der Waals surface area contributed by atoms with Gasteiger partial charge in [-0.2, -0.15) is 26.3 Å². The molecule has 3 rings (SSSR count). The quantitative estimate of drug-likeness (QED) is 0.238. The van der Waals surface area contributed by atoms with Crippen LogP contribution in [0.15, 0.2) is 77.6 Å². The minimum Gasteiger partial charge on any atom is -0.309 e. The van der Waals surface area contributed by atoms with Crippen molar-refractivity contribution < 1.29 is 40.8 Å². The highest BCUT2D eigenvalue weighted by Crippen LogP contribution is 2.58. The van der Waals surface area contributed by atoms with Crippen molar-refractivity contribution in [1.82, 2.24) is 0 Å². The Bertz CT molecular complexity index is 1260. The number of non-ortho nitro benzene ring substituents is 1. The van der Waals surface area contributed by atoms with Crippen molar-refractivity contribution in [3.8, 4) is 0 Å². The second kappa shape index (κ2) is 8.39. The first kappa shape index (κ1) is 25.2. The molecule has 0 fully saturated rings. The molecule has 0 amide bonds. The predicted molar refractivity (Wildman–Crippen MR) is 109 cm³/mol. The lowest BCUT2D eigenvalue weighted by Gasteiger charge is -2.32. The summed E-state index contributed by atoms with van der Waals surface area (Å²) < 4.78 is 96.8. The molecule has 0 saturated carbocycles. The smallest absolute Gasteiger partial charge is 0.309 e. The standard InChI is InChI=1S/C20H13F6N2O5P/c21-19(22,23)13-9-17(12-18(11-13,28(31)32)20(24,25)26)34(33,15-6-2-1-3-7-15)16-8-4-5-14(10-16)27(29)30/h1-10,12H,11H2/t18-,34-/m1/s1. The number of allylic oxidation sites excluding steroid dienone is 2. The fourth-order valence-electron chi connectivity index (χ4n) is 3.51. The first-order valence-corrected chi connectivity index (χ1v) is 11.0. The van der Waals surface area contributed by atoms with Crippen LogP contribution in [0.5, 0.6) is 0 Å². The van der Waals surface area contributed by atoms with E-state index in [4.69, 9.17) is 0 Å². The lowest BCUT2D eigenvalue weighted by atomic mass is 9.86. The minimum absolute atomic E-state index is 0.0746. The Kier molecular flexibility index (Phi) is 6.21. The molecule has 0 spiro atoms. The van der Waals surface area contributed by atoms with Gasteiger partial charge >= 0.3 is 17.9 Å². The highest BCUT2D eigenvalue weighted by molar-refractivity contribution is 7.82. The molecule has 34 heavy (non-hydrogen) atoms. The monoisotopic (exact) mass is 506 g/mol. The maximum absolute atomic E-state index is 14.4. The average Bonchev–Trinajstić information content (AvgIpc) is 2.77. The number of halogens is 6. The van der Waals surface area contributed by atoms with Crippen LogP contribution < -0.4 is 10.6 Å². The summed E-state index contributed by atoms with van der Waals surface area (Å²) in [5, 5.41) is 20.9. The first-order valence-electron chi connectivity index (χ1n) is 9.26. The van der Waals surface area contributed by atoms with Crippen LogP contribution in [-0.2, 0) is 4.57 Å². The Hall–Kier alpha value is -3.47. The summed E-state index contributed by atoms with van der Waals surface area (Å²) >= 11 is 0. The fourth-order valence-corrected chi connectivity index (χ4v) is 6.34. The van der Waals surface area contributed by atoms with E-state index in [1.807, 2.05) is 0 Å². The van der Waals surface area contributed by atoms with E-state index < -0.39 is 63.2 Å². The second-order valence-electron chi connectivity index (χ2n) is 7.31. The van der Waals surface area contributed by atoms with E-state index in [-0.39, 0.29) is 17.5 Å². The van der Waals surface area contributed by atoms with E-state index in [0.717, 1.165) is 36.4 Å². The molecule has 0 bridgehead atoms. The Balaban J connectivity index is 2.45. The van der Waals surface area contributed by atoms with Crippen LogP contribution in [0.4, 0.5) is 32.0 Å². The molecule has 0 radical (unpaired) electrons. The number of hydrogen-bond acceptors (Lipinski definition) is 5. The van der Waals surface area contributed by atoms with Crippen molar-refractivity contribution in [1.29, 1.82) is 0 Å². The van der Waals surface area contributed by atoms with E-state index in [1.165, 1.54) is 18.2 Å². The third-order valence-corrected chi connectivity index (χ3v) is 8.25. The van der Waals surface area contributed by atoms with E-state index >= 15 is 0 Å². The summed E-state index contributed by atoms with van der Waals surface area (Å²) in [6.07, 6.45) is -13.1. The Labute approximate surface area is 187 Å². The molecule has 1 aliphatic rings. The molecule has 0 aromatic heterocycles. The third kappa shape index (κ3) is 4.23.